The van der Waals surface area contributed by atoms with Crippen molar-refractivity contribution < 1.29 is 13.2 Å². The Balaban J connectivity index is 2.24. The Morgan fingerprint density at radius 3 is 2.45 bits per heavy atom. The first kappa shape index (κ1) is 14.5. The van der Waals surface area contributed by atoms with Crippen LogP contribution < -0.4 is 5.32 Å². The van der Waals surface area contributed by atoms with Crippen LogP contribution in [0.5, 0.6) is 0 Å². The maximum atomic E-state index is 12.2. The van der Waals surface area contributed by atoms with E-state index >= 15 is 0 Å². The normalized spacial score (nSPS) is 17.5. The van der Waals surface area contributed by atoms with Crippen LogP contribution in [0.3, 0.4) is 0 Å². The second-order valence-corrected chi connectivity index (χ2v) is 6.32. The van der Waals surface area contributed by atoms with Crippen molar-refractivity contribution in [2.24, 2.45) is 4.40 Å². The van der Waals surface area contributed by atoms with Crippen LogP contribution in [0, 0.1) is 0 Å². The number of sulfonamides is 1. The molecule has 1 fully saturated rings. The number of nitrogens with one attached hydrogen (secondary N) is 1. The Bertz CT molecular complexity index is 635. The lowest BCUT2D eigenvalue weighted by Gasteiger charge is -2.11. The molecular weight excluding hydrogens is 278 g/mol. The van der Waals surface area contributed by atoms with Gasteiger partial charge in [-0.05, 0) is 30.7 Å². The van der Waals surface area contributed by atoms with E-state index in [0.717, 1.165) is 13.0 Å². The van der Waals surface area contributed by atoms with E-state index < -0.39 is 10.0 Å². The number of carbonyl (C=O) groups is 1. The number of nitrogens with zero attached hydrogens (tertiary/aromatic N) is 2. The number of likely N-dealkylation sites (tertiary alicyclic amines) is 1. The maximum Gasteiger partial charge on any atom is 0.283 e. The standard InChI is InChI=1S/C13H17N3O3S/c1-10(17)14-11-5-7-12(8-6-11)20(18,19)15-13-4-3-9-16(13)2/h5-8H,3-4,9H2,1-2H3,(H,14,17)/b15-13-. The van der Waals surface area contributed by atoms with Crippen LogP contribution in [0.1, 0.15) is 19.8 Å². The molecule has 1 amide bonds. The van der Waals surface area contributed by atoms with Gasteiger partial charge in [-0.15, -0.1) is 4.40 Å². The minimum Gasteiger partial charge on any atom is -0.362 e. The molecule has 0 radical (unpaired) electrons. The van der Waals surface area contributed by atoms with Crippen LogP contribution in [-0.2, 0) is 14.8 Å². The van der Waals surface area contributed by atoms with Crippen molar-refractivity contribution in [2.45, 2.75) is 24.7 Å². The second-order valence-electron chi connectivity index (χ2n) is 4.71. The highest BCUT2D eigenvalue weighted by Crippen LogP contribution is 2.19. The Labute approximate surface area is 118 Å². The summed E-state index contributed by atoms with van der Waals surface area (Å²) in [5.74, 6) is 0.393. The molecule has 0 aliphatic carbocycles. The Morgan fingerprint density at radius 2 is 1.95 bits per heavy atom. The van der Waals surface area contributed by atoms with E-state index in [1.165, 1.54) is 19.1 Å². The van der Waals surface area contributed by atoms with Gasteiger partial charge in [0.1, 0.15) is 5.84 Å². The van der Waals surface area contributed by atoms with E-state index in [1.54, 1.807) is 12.1 Å². The average molecular weight is 295 g/mol. The van der Waals surface area contributed by atoms with Crippen molar-refractivity contribution in [1.82, 2.24) is 4.90 Å². The lowest BCUT2D eigenvalue weighted by atomic mass is 10.3. The molecule has 0 unspecified atom stereocenters. The number of carbonyl (C=O) groups excluding carboxylic acids is 1. The third-order valence-electron chi connectivity index (χ3n) is 3.03. The molecule has 1 aliphatic rings. The zero-order valence-electron chi connectivity index (χ0n) is 11.5. The van der Waals surface area contributed by atoms with Gasteiger partial charge in [-0.3, -0.25) is 4.79 Å². The predicted molar refractivity (Wildman–Crippen MR) is 77.2 cm³/mol. The van der Waals surface area contributed by atoms with E-state index in [4.69, 9.17) is 0 Å². The van der Waals surface area contributed by atoms with Gasteiger partial charge in [0.15, 0.2) is 0 Å². The zero-order valence-corrected chi connectivity index (χ0v) is 12.3. The molecule has 108 valence electrons. The Morgan fingerprint density at radius 1 is 1.30 bits per heavy atom. The van der Waals surface area contributed by atoms with Gasteiger partial charge in [-0.1, -0.05) is 0 Å². The molecule has 2 rings (SSSR count). The minimum absolute atomic E-state index is 0.124. The molecule has 0 spiro atoms. The van der Waals surface area contributed by atoms with Crippen LogP contribution in [0.25, 0.3) is 0 Å². The van der Waals surface area contributed by atoms with E-state index in [1.807, 2.05) is 11.9 Å². The highest BCUT2D eigenvalue weighted by atomic mass is 32.2. The van der Waals surface area contributed by atoms with Crippen molar-refractivity contribution in [1.29, 1.82) is 0 Å². The van der Waals surface area contributed by atoms with Crippen LogP contribution in [-0.4, -0.2) is 38.7 Å². The van der Waals surface area contributed by atoms with Crippen LogP contribution in [0.15, 0.2) is 33.6 Å². The van der Waals surface area contributed by atoms with Crippen LogP contribution in [0.4, 0.5) is 5.69 Å². The van der Waals surface area contributed by atoms with Gasteiger partial charge in [0, 0.05) is 32.6 Å². The summed E-state index contributed by atoms with van der Waals surface area (Å²) in [6.45, 7) is 2.22. The molecular formula is C13H17N3O3S. The Kier molecular flexibility index (Phi) is 4.08. The lowest BCUT2D eigenvalue weighted by molar-refractivity contribution is -0.114. The third kappa shape index (κ3) is 3.36. The molecule has 0 aromatic heterocycles. The van der Waals surface area contributed by atoms with Crippen molar-refractivity contribution in [2.75, 3.05) is 18.9 Å². The van der Waals surface area contributed by atoms with Crippen LogP contribution >= 0.6 is 0 Å². The topological polar surface area (TPSA) is 78.8 Å². The van der Waals surface area contributed by atoms with E-state index in [9.17, 15) is 13.2 Å². The smallest absolute Gasteiger partial charge is 0.283 e. The summed E-state index contributed by atoms with van der Waals surface area (Å²) in [6.07, 6.45) is 1.60. The summed E-state index contributed by atoms with van der Waals surface area (Å²) in [6, 6.07) is 5.99. The van der Waals surface area contributed by atoms with Gasteiger partial charge in [0.2, 0.25) is 5.91 Å². The van der Waals surface area contributed by atoms with Gasteiger partial charge in [-0.2, -0.15) is 8.42 Å². The monoisotopic (exact) mass is 295 g/mol. The van der Waals surface area contributed by atoms with Crippen molar-refractivity contribution in [3.05, 3.63) is 24.3 Å². The van der Waals surface area contributed by atoms with Crippen molar-refractivity contribution >= 4 is 27.5 Å². The second kappa shape index (κ2) is 5.62. The number of amides is 1. The van der Waals surface area contributed by atoms with Gasteiger partial charge in [0.05, 0.1) is 4.90 Å². The molecule has 1 N–H and O–H groups in total. The number of rotatable bonds is 3. The fraction of sp³-hybridized carbons (Fsp3) is 0.385. The zero-order chi connectivity index (χ0) is 14.8. The molecule has 1 aliphatic heterocycles. The largest absolute Gasteiger partial charge is 0.362 e. The van der Waals surface area contributed by atoms with E-state index in [2.05, 4.69) is 9.71 Å². The lowest BCUT2D eigenvalue weighted by Crippen LogP contribution is -2.20. The molecule has 1 saturated heterocycles. The number of benzene rings is 1. The molecule has 1 aromatic carbocycles. The summed E-state index contributed by atoms with van der Waals surface area (Å²) < 4.78 is 28.2. The van der Waals surface area contributed by atoms with Gasteiger partial charge >= 0.3 is 0 Å². The third-order valence-corrected chi connectivity index (χ3v) is 4.35. The van der Waals surface area contributed by atoms with E-state index in [-0.39, 0.29) is 10.8 Å². The fourth-order valence-electron chi connectivity index (χ4n) is 2.01. The first-order chi connectivity index (χ1) is 9.38. The highest BCUT2D eigenvalue weighted by Gasteiger charge is 2.20. The first-order valence-electron chi connectivity index (χ1n) is 6.31. The molecule has 20 heavy (non-hydrogen) atoms. The summed E-state index contributed by atoms with van der Waals surface area (Å²) in [5, 5.41) is 2.59. The van der Waals surface area contributed by atoms with Crippen molar-refractivity contribution in [3.63, 3.8) is 0 Å². The van der Waals surface area contributed by atoms with E-state index in [0.29, 0.717) is 17.9 Å². The first-order valence-corrected chi connectivity index (χ1v) is 7.75. The molecule has 0 atom stereocenters. The molecule has 1 aromatic rings. The number of amidine groups is 1. The maximum absolute atomic E-state index is 12.2. The quantitative estimate of drug-likeness (QED) is 0.915. The SMILES string of the molecule is CC(=O)Nc1ccc(S(=O)(=O)/N=C2/CCCN2C)cc1. The minimum atomic E-state index is -3.69. The molecule has 6 nitrogen and oxygen atoms in total. The summed E-state index contributed by atoms with van der Waals surface area (Å²) in [4.78, 5) is 12.9. The highest BCUT2D eigenvalue weighted by molar-refractivity contribution is 7.90. The summed E-state index contributed by atoms with van der Waals surface area (Å²) >= 11 is 0. The van der Waals surface area contributed by atoms with Gasteiger partial charge < -0.3 is 10.2 Å². The molecule has 0 bridgehead atoms. The molecule has 7 heteroatoms. The number of anilines is 1. The van der Waals surface area contributed by atoms with Gasteiger partial charge in [-0.25, -0.2) is 0 Å². The molecule has 1 heterocycles. The Hall–Kier alpha value is -1.89. The summed E-state index contributed by atoms with van der Waals surface area (Å²) in [5.41, 5.74) is 0.557. The fourth-order valence-corrected chi connectivity index (χ4v) is 3.11. The van der Waals surface area contributed by atoms with Crippen LogP contribution in [0.2, 0.25) is 0 Å². The summed E-state index contributed by atoms with van der Waals surface area (Å²) in [7, 11) is -1.85. The number of hydrogen-bond acceptors (Lipinski definition) is 3. The van der Waals surface area contributed by atoms with Crippen molar-refractivity contribution in [3.8, 4) is 0 Å². The number of hydrogen-bond donors (Lipinski definition) is 1. The van der Waals surface area contributed by atoms with Gasteiger partial charge in [0.25, 0.3) is 10.0 Å². The molecule has 0 saturated carbocycles. The predicted octanol–water partition coefficient (Wildman–Crippen LogP) is 1.46. The average Bonchev–Trinajstić information content (AvgIpc) is 2.74.